The summed E-state index contributed by atoms with van der Waals surface area (Å²) in [6.45, 7) is 6.73. The Morgan fingerprint density at radius 3 is 1.83 bits per heavy atom. The highest BCUT2D eigenvalue weighted by molar-refractivity contribution is 5.81. The summed E-state index contributed by atoms with van der Waals surface area (Å²) in [5, 5.41) is 116. The molecule has 0 aromatic carbocycles. The van der Waals surface area contributed by atoms with E-state index < -0.39 is 147 Å². The number of nitrogens with two attached hydrogens (primary N) is 1. The van der Waals surface area contributed by atoms with Crippen LogP contribution >= 0.6 is 0 Å². The van der Waals surface area contributed by atoms with Gasteiger partial charge in [-0.15, -0.1) is 0 Å². The Morgan fingerprint density at radius 1 is 0.615 bits per heavy atom. The molecule has 0 aromatic heterocycles. The fourth-order valence-electron chi connectivity index (χ4n) is 7.45. The number of cyclic esters (lactones) is 1. The molecule has 2 aliphatic heterocycles. The van der Waals surface area contributed by atoms with Crippen LogP contribution in [0.4, 0.5) is 0 Å². The number of carboxylic acids is 1. The first-order chi connectivity index (χ1) is 30.6. The molecule has 18 atom stereocenters. The lowest BCUT2D eigenvalue weighted by atomic mass is 9.88. The molecule has 0 amide bonds. The molecule has 1 fully saturated rings. The first-order valence-corrected chi connectivity index (χ1v) is 22.4. The number of Topliss-reactive ketones (excluding diaryl/α,β-unsaturated/α-hetero) is 1. The van der Waals surface area contributed by atoms with E-state index in [-0.39, 0.29) is 31.6 Å². The molecule has 0 bridgehead atoms. The van der Waals surface area contributed by atoms with Gasteiger partial charge in [0, 0.05) is 31.1 Å². The van der Waals surface area contributed by atoms with E-state index in [2.05, 4.69) is 0 Å². The van der Waals surface area contributed by atoms with Gasteiger partial charge in [0.15, 0.2) is 6.29 Å². The minimum absolute atomic E-state index is 0.144. The maximum atomic E-state index is 12.9. The van der Waals surface area contributed by atoms with Crippen LogP contribution in [0.5, 0.6) is 0 Å². The first-order valence-electron chi connectivity index (χ1n) is 22.4. The van der Waals surface area contributed by atoms with Crippen LogP contribution in [0.1, 0.15) is 91.9 Å². The zero-order chi connectivity index (χ0) is 48.8. The number of carbonyl (C=O) groups excluding carboxylic acids is 2. The highest BCUT2D eigenvalue weighted by Gasteiger charge is 2.43. The van der Waals surface area contributed by atoms with Gasteiger partial charge in [-0.2, -0.15) is 0 Å². The maximum Gasteiger partial charge on any atom is 0.311 e. The van der Waals surface area contributed by atoms with Crippen LogP contribution in [-0.4, -0.2) is 166 Å². The highest BCUT2D eigenvalue weighted by Crippen LogP contribution is 2.26. The lowest BCUT2D eigenvalue weighted by molar-refractivity contribution is -0.277. The summed E-state index contributed by atoms with van der Waals surface area (Å²) in [5.41, 5.74) is 5.96. The molecular weight excluding hydrogens is 851 g/mol. The van der Waals surface area contributed by atoms with Crippen molar-refractivity contribution in [2.24, 2.45) is 23.5 Å². The third-order valence-corrected chi connectivity index (χ3v) is 11.7. The van der Waals surface area contributed by atoms with Crippen LogP contribution in [0, 0.1) is 17.8 Å². The number of hydrogen-bond donors (Lipinski definition) is 12. The minimum Gasteiger partial charge on any atom is -0.481 e. The lowest BCUT2D eigenvalue weighted by Gasteiger charge is -2.41. The van der Waals surface area contributed by atoms with Gasteiger partial charge in [-0.25, -0.2) is 0 Å². The standard InChI is InChI=1S/C47H75NO17/c1-27-17-15-13-11-9-7-5-6-8-10-12-14-16-18-35(65-47-45(60)42(48)44(59)30(4)64-47)26-39(56)41(46(61)62)38(55)24-34(52)23-37(54)36(53)20-19-31(49)21-32(50)22-33(51)25-40(57)63-29(3)28(2)43(27)58/h5-6,8,10-18,27-33,35-39,41-45,47,49-51,53-56,58-60H,7,9,19-26,48H2,1-4H3,(H,61,62)/b6-5-,10-8-,13-11+,14-12+,17-15+,18-16-/t27?,28?,29?,30-,31?,32?,33?,35?,36?,37?,38?,39?,41?,42+,43?,44-,45+,47+/m1/s1. The van der Waals surface area contributed by atoms with E-state index in [9.17, 15) is 70.6 Å². The molecule has 13 N–H and O–H groups in total. The molecule has 0 aliphatic carbocycles. The van der Waals surface area contributed by atoms with Crippen molar-refractivity contribution in [3.05, 3.63) is 72.9 Å². The summed E-state index contributed by atoms with van der Waals surface area (Å²) in [6, 6.07) is -1.15. The minimum atomic E-state index is -1.95. The Morgan fingerprint density at radius 2 is 1.18 bits per heavy atom. The second kappa shape index (κ2) is 30.0. The van der Waals surface area contributed by atoms with Crippen molar-refractivity contribution in [3.63, 3.8) is 0 Å². The molecule has 0 spiro atoms. The molecule has 370 valence electrons. The quantitative estimate of drug-likeness (QED) is 0.174. The molecule has 0 saturated carbocycles. The number of aliphatic hydroxyl groups is 10. The van der Waals surface area contributed by atoms with Crippen molar-refractivity contribution >= 4 is 17.7 Å². The zero-order valence-corrected chi connectivity index (χ0v) is 37.8. The van der Waals surface area contributed by atoms with E-state index in [0.29, 0.717) is 0 Å². The summed E-state index contributed by atoms with van der Waals surface area (Å²) < 4.78 is 17.0. The van der Waals surface area contributed by atoms with Crippen molar-refractivity contribution in [1.82, 2.24) is 0 Å². The number of carbonyl (C=O) groups is 3. The van der Waals surface area contributed by atoms with Crippen LogP contribution in [0.25, 0.3) is 0 Å². The fraction of sp³-hybridized carbons (Fsp3) is 0.681. The normalized spacial score (nSPS) is 42.5. The van der Waals surface area contributed by atoms with E-state index in [1.807, 2.05) is 43.4 Å². The molecule has 18 nitrogen and oxygen atoms in total. The summed E-state index contributed by atoms with van der Waals surface area (Å²) in [5.74, 6) is -5.88. The number of ether oxygens (including phenoxy) is 3. The smallest absolute Gasteiger partial charge is 0.311 e. The summed E-state index contributed by atoms with van der Waals surface area (Å²) in [4.78, 5) is 37.8. The molecule has 13 unspecified atom stereocenters. The van der Waals surface area contributed by atoms with Crippen molar-refractivity contribution in [3.8, 4) is 0 Å². The second-order valence-corrected chi connectivity index (χ2v) is 17.4. The largest absolute Gasteiger partial charge is 0.481 e. The van der Waals surface area contributed by atoms with Gasteiger partial charge in [0.25, 0.3) is 0 Å². The van der Waals surface area contributed by atoms with Gasteiger partial charge < -0.3 is 76.1 Å². The number of carboxylic acid groups (broad SMARTS) is 1. The van der Waals surface area contributed by atoms with Crippen molar-refractivity contribution < 1.29 is 84.8 Å². The predicted molar refractivity (Wildman–Crippen MR) is 238 cm³/mol. The number of esters is 1. The van der Waals surface area contributed by atoms with Gasteiger partial charge in [0.05, 0.1) is 79.6 Å². The van der Waals surface area contributed by atoms with Crippen LogP contribution in [-0.2, 0) is 28.6 Å². The zero-order valence-electron chi connectivity index (χ0n) is 37.8. The summed E-state index contributed by atoms with van der Waals surface area (Å²) in [7, 11) is 0. The predicted octanol–water partition coefficient (Wildman–Crippen LogP) is 0.778. The molecular formula is C47H75NO17. The molecule has 2 rings (SSSR count). The van der Waals surface area contributed by atoms with Crippen LogP contribution in [0.3, 0.4) is 0 Å². The summed E-state index contributed by atoms with van der Waals surface area (Å²) in [6.07, 6.45) is 0.848. The molecule has 0 aromatic rings. The van der Waals surface area contributed by atoms with Crippen LogP contribution in [0.2, 0.25) is 0 Å². The number of aliphatic hydroxyl groups excluding tert-OH is 10. The van der Waals surface area contributed by atoms with Crippen molar-refractivity contribution in [2.75, 3.05) is 0 Å². The third-order valence-electron chi connectivity index (χ3n) is 11.7. The van der Waals surface area contributed by atoms with Gasteiger partial charge in [-0.1, -0.05) is 86.8 Å². The monoisotopic (exact) mass is 926 g/mol. The Hall–Kier alpha value is -3.47. The van der Waals surface area contributed by atoms with E-state index in [0.717, 1.165) is 12.8 Å². The topological polar surface area (TPSA) is 327 Å². The number of ketones is 1. The molecule has 1 saturated heterocycles. The SMILES string of the molecule is CC1/C=C/C=C/CC\C=C/C=C\C=C\C=C/C(O[C@@H]2O[C@H](C)[C@@H](O)[C@H](N)[C@@H]2O)CC(O)C(C(=O)O)C(O)CC(=O)CC(O)C(O)CCC(O)CC(O)CC(O)CC(=O)OC(C)C(C)C1O. The molecule has 18 heteroatoms. The fourth-order valence-corrected chi connectivity index (χ4v) is 7.45. The van der Waals surface area contributed by atoms with E-state index in [4.69, 9.17) is 19.9 Å². The number of aliphatic carboxylic acids is 1. The Balaban J connectivity index is 2.26. The maximum absolute atomic E-state index is 12.9. The molecule has 2 aliphatic rings. The Kier molecular flexibility index (Phi) is 26.6. The van der Waals surface area contributed by atoms with E-state index >= 15 is 0 Å². The number of allylic oxidation sites excluding steroid dienone is 10. The summed E-state index contributed by atoms with van der Waals surface area (Å²) >= 11 is 0. The first kappa shape index (κ1) is 57.7. The third kappa shape index (κ3) is 21.4. The van der Waals surface area contributed by atoms with Gasteiger partial charge in [0.2, 0.25) is 0 Å². The van der Waals surface area contributed by atoms with Crippen LogP contribution in [0.15, 0.2) is 72.9 Å². The average Bonchev–Trinajstić information content (AvgIpc) is 3.22. The number of hydrogen-bond acceptors (Lipinski definition) is 17. The Labute approximate surface area is 381 Å². The van der Waals surface area contributed by atoms with Gasteiger partial charge >= 0.3 is 11.9 Å². The lowest BCUT2D eigenvalue weighted by Crippen LogP contribution is -2.61. The van der Waals surface area contributed by atoms with Gasteiger partial charge in [-0.05, 0) is 52.4 Å². The molecule has 65 heavy (non-hydrogen) atoms. The van der Waals surface area contributed by atoms with Gasteiger partial charge in [-0.3, -0.25) is 14.4 Å². The molecule has 2 heterocycles. The van der Waals surface area contributed by atoms with Gasteiger partial charge in [0.1, 0.15) is 23.9 Å². The number of rotatable bonds is 3. The molecule has 0 radical (unpaired) electrons. The van der Waals surface area contributed by atoms with Crippen molar-refractivity contribution in [2.45, 2.75) is 184 Å². The highest BCUT2D eigenvalue weighted by atomic mass is 16.7. The van der Waals surface area contributed by atoms with E-state index in [1.54, 1.807) is 44.2 Å². The Bertz CT molecular complexity index is 1600. The van der Waals surface area contributed by atoms with Crippen molar-refractivity contribution in [1.29, 1.82) is 0 Å². The second-order valence-electron chi connectivity index (χ2n) is 17.4. The van der Waals surface area contributed by atoms with E-state index in [1.165, 1.54) is 13.0 Å². The average molecular weight is 926 g/mol. The van der Waals surface area contributed by atoms with Crippen LogP contribution < -0.4 is 5.73 Å².